The molecule has 5 heteroatoms. The number of Topliss-reactive ketones (excluding diaryl/α,β-unsaturated/α-hetero) is 1. The van der Waals surface area contributed by atoms with Gasteiger partial charge in [0.05, 0.1) is 0 Å². The first-order chi connectivity index (χ1) is 13.0. The number of thioether (sulfide) groups is 1. The lowest BCUT2D eigenvalue weighted by Crippen LogP contribution is -2.44. The molecule has 0 saturated carbocycles. The van der Waals surface area contributed by atoms with E-state index in [1.807, 2.05) is 56.5 Å². The van der Waals surface area contributed by atoms with Gasteiger partial charge in [-0.3, -0.25) is 4.79 Å². The van der Waals surface area contributed by atoms with Gasteiger partial charge in [-0.25, -0.2) is 4.79 Å². The first-order valence-corrected chi connectivity index (χ1v) is 10.5. The summed E-state index contributed by atoms with van der Waals surface area (Å²) >= 11 is 1.66. The van der Waals surface area contributed by atoms with Crippen molar-refractivity contribution >= 4 is 29.3 Å². The van der Waals surface area contributed by atoms with E-state index in [0.717, 1.165) is 34.6 Å². The average Bonchev–Trinajstić information content (AvgIpc) is 2.69. The Bertz CT molecular complexity index is 833. The van der Waals surface area contributed by atoms with Gasteiger partial charge in [0.25, 0.3) is 0 Å². The van der Waals surface area contributed by atoms with Crippen molar-refractivity contribution in [3.63, 3.8) is 0 Å². The average molecular weight is 383 g/mol. The lowest BCUT2D eigenvalue weighted by molar-refractivity contribution is 0.0851. The van der Waals surface area contributed by atoms with Crippen LogP contribution in [0.1, 0.15) is 34.3 Å². The molecular weight excluding hydrogens is 356 g/mol. The van der Waals surface area contributed by atoms with Crippen LogP contribution in [-0.4, -0.2) is 36.1 Å². The molecule has 1 heterocycles. The molecule has 4 nitrogen and oxygen atoms in total. The molecule has 0 aromatic heterocycles. The van der Waals surface area contributed by atoms with Crippen molar-refractivity contribution < 1.29 is 9.59 Å². The number of amides is 2. The fraction of sp³-hybridized carbons (Fsp3) is 0.364. The van der Waals surface area contributed by atoms with Crippen LogP contribution in [-0.2, 0) is 0 Å². The minimum absolute atomic E-state index is 0.128. The van der Waals surface area contributed by atoms with Crippen LogP contribution in [0.5, 0.6) is 0 Å². The molecule has 0 spiro atoms. The highest BCUT2D eigenvalue weighted by Crippen LogP contribution is 2.24. The third-order valence-electron chi connectivity index (χ3n) is 5.08. The third-order valence-corrected chi connectivity index (χ3v) is 5.82. The zero-order valence-corrected chi connectivity index (χ0v) is 16.9. The number of aryl methyl sites for hydroxylation is 2. The smallest absolute Gasteiger partial charge is 0.321 e. The van der Waals surface area contributed by atoms with Gasteiger partial charge in [0.1, 0.15) is 0 Å². The number of carbonyl (C=O) groups is 2. The van der Waals surface area contributed by atoms with Crippen LogP contribution in [0.25, 0.3) is 0 Å². The summed E-state index contributed by atoms with van der Waals surface area (Å²) in [6, 6.07) is 13.6. The van der Waals surface area contributed by atoms with Crippen LogP contribution in [0.3, 0.4) is 0 Å². The zero-order chi connectivity index (χ0) is 19.4. The minimum atomic E-state index is -0.135. The number of ketones is 1. The maximum atomic E-state index is 12.9. The molecule has 1 aliphatic rings. The maximum absolute atomic E-state index is 12.9. The largest absolute Gasteiger partial charge is 0.324 e. The zero-order valence-electron chi connectivity index (χ0n) is 16.1. The molecule has 2 aromatic rings. The summed E-state index contributed by atoms with van der Waals surface area (Å²) in [6.45, 7) is 5.18. The normalized spacial score (nSPS) is 16.9. The molecule has 142 valence electrons. The van der Waals surface area contributed by atoms with E-state index in [-0.39, 0.29) is 17.7 Å². The van der Waals surface area contributed by atoms with Gasteiger partial charge in [-0.1, -0.05) is 29.8 Å². The molecule has 2 amide bonds. The molecule has 1 saturated heterocycles. The number of carbonyl (C=O) groups excluding carboxylic acids is 2. The topological polar surface area (TPSA) is 49.4 Å². The van der Waals surface area contributed by atoms with Gasteiger partial charge in [-0.15, -0.1) is 11.8 Å². The van der Waals surface area contributed by atoms with Crippen LogP contribution < -0.4 is 5.32 Å². The number of hydrogen-bond acceptors (Lipinski definition) is 3. The Hall–Kier alpha value is -2.27. The fourth-order valence-electron chi connectivity index (χ4n) is 3.51. The van der Waals surface area contributed by atoms with Gasteiger partial charge >= 0.3 is 6.03 Å². The van der Waals surface area contributed by atoms with Crippen LogP contribution in [0.15, 0.2) is 47.4 Å². The highest BCUT2D eigenvalue weighted by Gasteiger charge is 2.29. The Morgan fingerprint density at radius 2 is 1.85 bits per heavy atom. The summed E-state index contributed by atoms with van der Waals surface area (Å²) in [5, 5.41) is 2.99. The lowest BCUT2D eigenvalue weighted by atomic mass is 9.90. The van der Waals surface area contributed by atoms with E-state index < -0.39 is 0 Å². The van der Waals surface area contributed by atoms with Gasteiger partial charge in [0.2, 0.25) is 0 Å². The van der Waals surface area contributed by atoms with Crippen molar-refractivity contribution in [1.82, 2.24) is 4.90 Å². The Balaban J connectivity index is 1.65. The molecule has 1 unspecified atom stereocenters. The summed E-state index contributed by atoms with van der Waals surface area (Å²) in [4.78, 5) is 28.5. The number of nitrogens with zero attached hydrogens (tertiary/aromatic N) is 1. The molecule has 3 rings (SSSR count). The van der Waals surface area contributed by atoms with Crippen molar-refractivity contribution in [2.24, 2.45) is 5.92 Å². The summed E-state index contributed by atoms with van der Waals surface area (Å²) in [5.74, 6) is -0.00425. The van der Waals surface area contributed by atoms with E-state index in [4.69, 9.17) is 0 Å². The predicted octanol–water partition coefficient (Wildman–Crippen LogP) is 5.15. The van der Waals surface area contributed by atoms with Crippen molar-refractivity contribution in [1.29, 1.82) is 0 Å². The number of urea groups is 1. The molecule has 2 aromatic carbocycles. The van der Waals surface area contributed by atoms with Crippen LogP contribution in [0, 0.1) is 19.8 Å². The predicted molar refractivity (Wildman–Crippen MR) is 112 cm³/mol. The van der Waals surface area contributed by atoms with E-state index >= 15 is 0 Å². The standard InChI is InChI=1S/C22H26N2O2S/c1-15-6-11-20(16(2)13-15)23-22(26)24-12-4-5-18(14-24)21(25)17-7-9-19(27-3)10-8-17/h6-11,13,18H,4-5,12,14H2,1-3H3,(H,23,26). The SMILES string of the molecule is CSc1ccc(C(=O)C2CCCN(C(=O)Nc3ccc(C)cc3C)C2)cc1. The van der Waals surface area contributed by atoms with Crippen molar-refractivity contribution in [2.45, 2.75) is 31.6 Å². The van der Waals surface area contributed by atoms with Gasteiger partial charge in [0.15, 0.2) is 5.78 Å². The lowest BCUT2D eigenvalue weighted by Gasteiger charge is -2.32. The minimum Gasteiger partial charge on any atom is -0.324 e. The summed E-state index contributed by atoms with van der Waals surface area (Å²) in [5.41, 5.74) is 3.77. The highest BCUT2D eigenvalue weighted by atomic mass is 32.2. The van der Waals surface area contributed by atoms with Gasteiger partial charge < -0.3 is 10.2 Å². The molecule has 1 N–H and O–H groups in total. The molecule has 1 aliphatic heterocycles. The van der Waals surface area contributed by atoms with Crippen LogP contribution >= 0.6 is 11.8 Å². The molecule has 0 radical (unpaired) electrons. The first-order valence-electron chi connectivity index (χ1n) is 9.29. The molecule has 27 heavy (non-hydrogen) atoms. The number of benzene rings is 2. The second kappa shape index (κ2) is 8.61. The van der Waals surface area contributed by atoms with E-state index in [9.17, 15) is 9.59 Å². The number of likely N-dealkylation sites (tertiary alicyclic amines) is 1. The van der Waals surface area contributed by atoms with E-state index in [1.165, 1.54) is 5.56 Å². The third kappa shape index (κ3) is 4.72. The van der Waals surface area contributed by atoms with Crippen molar-refractivity contribution in [2.75, 3.05) is 24.7 Å². The van der Waals surface area contributed by atoms with Crippen molar-refractivity contribution in [3.8, 4) is 0 Å². The van der Waals surface area contributed by atoms with E-state index in [2.05, 4.69) is 11.4 Å². The Morgan fingerprint density at radius 3 is 2.52 bits per heavy atom. The van der Waals surface area contributed by atoms with Gasteiger partial charge in [0, 0.05) is 35.2 Å². The summed E-state index contributed by atoms with van der Waals surface area (Å²) < 4.78 is 0. The van der Waals surface area contributed by atoms with Crippen molar-refractivity contribution in [3.05, 3.63) is 59.2 Å². The Kier molecular flexibility index (Phi) is 6.22. The number of rotatable bonds is 4. The number of anilines is 1. The van der Waals surface area contributed by atoms with E-state index in [1.54, 1.807) is 16.7 Å². The second-order valence-corrected chi connectivity index (χ2v) is 8.01. The maximum Gasteiger partial charge on any atom is 0.321 e. The second-order valence-electron chi connectivity index (χ2n) is 7.13. The van der Waals surface area contributed by atoms with Gasteiger partial charge in [-0.05, 0) is 56.7 Å². The fourth-order valence-corrected chi connectivity index (χ4v) is 3.92. The Labute approximate surface area is 165 Å². The van der Waals surface area contributed by atoms with Crippen LogP contribution in [0.2, 0.25) is 0 Å². The summed E-state index contributed by atoms with van der Waals surface area (Å²) in [7, 11) is 0. The Morgan fingerprint density at radius 1 is 1.11 bits per heavy atom. The first kappa shape index (κ1) is 19.5. The number of nitrogens with one attached hydrogen (secondary N) is 1. The van der Waals surface area contributed by atoms with E-state index in [0.29, 0.717) is 13.1 Å². The molecule has 1 atom stereocenters. The summed E-state index contributed by atoms with van der Waals surface area (Å²) in [6.07, 6.45) is 3.69. The molecule has 0 aliphatic carbocycles. The molecular formula is C22H26N2O2S. The molecule has 0 bridgehead atoms. The monoisotopic (exact) mass is 382 g/mol. The van der Waals surface area contributed by atoms with Crippen LogP contribution in [0.4, 0.5) is 10.5 Å². The molecule has 1 fully saturated rings. The highest BCUT2D eigenvalue weighted by molar-refractivity contribution is 7.98. The quantitative estimate of drug-likeness (QED) is 0.587. The number of hydrogen-bond donors (Lipinski definition) is 1. The van der Waals surface area contributed by atoms with Gasteiger partial charge in [-0.2, -0.15) is 0 Å². The number of piperidine rings is 1.